The zero-order chi connectivity index (χ0) is 11.5. The molecule has 0 atom stereocenters. The van der Waals surface area contributed by atoms with Crippen molar-refractivity contribution in [3.8, 4) is 0 Å². The van der Waals surface area contributed by atoms with Crippen LogP contribution in [0.25, 0.3) is 0 Å². The smallest absolute Gasteiger partial charge is 0.293 e. The molecular weight excluding hydrogens is 284 g/mol. The number of thiazole rings is 1. The Morgan fingerprint density at radius 1 is 1.31 bits per heavy atom. The van der Waals surface area contributed by atoms with Gasteiger partial charge in [0.1, 0.15) is 12.9 Å². The van der Waals surface area contributed by atoms with Gasteiger partial charge in [0.15, 0.2) is 13.0 Å². The van der Waals surface area contributed by atoms with E-state index >= 15 is 0 Å². The van der Waals surface area contributed by atoms with E-state index in [-0.39, 0.29) is 0 Å². The van der Waals surface area contributed by atoms with Crippen LogP contribution in [0.4, 0.5) is 5.00 Å². The highest BCUT2D eigenvalue weighted by Crippen LogP contribution is 2.36. The Morgan fingerprint density at radius 3 is 2.62 bits per heavy atom. The van der Waals surface area contributed by atoms with Gasteiger partial charge in [0.05, 0.1) is 0 Å². The first-order valence-electron chi connectivity index (χ1n) is 3.98. The average molecular weight is 290 g/mol. The molecule has 2 aromatic heterocycles. The quantitative estimate of drug-likeness (QED) is 0.284. The van der Waals surface area contributed by atoms with Crippen molar-refractivity contribution >= 4 is 57.9 Å². The van der Waals surface area contributed by atoms with Crippen molar-refractivity contribution < 1.29 is 4.74 Å². The minimum absolute atomic E-state index is 0.483. The zero-order valence-corrected chi connectivity index (χ0v) is 11.4. The third kappa shape index (κ3) is 2.73. The molecular formula is C7H6N4OS4. The lowest BCUT2D eigenvalue weighted by Crippen LogP contribution is -1.83. The lowest BCUT2D eigenvalue weighted by Gasteiger charge is -1.92. The first kappa shape index (κ1) is 11.8. The van der Waals surface area contributed by atoms with Crippen molar-refractivity contribution in [1.82, 2.24) is 15.2 Å². The van der Waals surface area contributed by atoms with Crippen molar-refractivity contribution in [1.29, 1.82) is 0 Å². The van der Waals surface area contributed by atoms with E-state index in [4.69, 9.17) is 0 Å². The second-order valence-corrected chi connectivity index (χ2v) is 7.02. The molecule has 0 spiro atoms. The molecule has 0 aliphatic heterocycles. The summed E-state index contributed by atoms with van der Waals surface area (Å²) >= 11 is 5.76. The van der Waals surface area contributed by atoms with Crippen LogP contribution in [0.15, 0.2) is 19.2 Å². The molecule has 2 rings (SSSR count). The summed E-state index contributed by atoms with van der Waals surface area (Å²) in [4.78, 5) is 4.10. The molecule has 0 N–H and O–H groups in total. The summed E-state index contributed by atoms with van der Waals surface area (Å²) in [6.45, 7) is 3.26. The van der Waals surface area contributed by atoms with Gasteiger partial charge >= 0.3 is 0 Å². The Bertz CT molecular complexity index is 508. The van der Waals surface area contributed by atoms with Gasteiger partial charge < -0.3 is 5.21 Å². The maximum Gasteiger partial charge on any atom is 0.293 e. The molecule has 2 aromatic rings. The van der Waals surface area contributed by atoms with Crippen LogP contribution in [0, 0.1) is 5.21 Å². The van der Waals surface area contributed by atoms with Crippen LogP contribution in [0.5, 0.6) is 0 Å². The largest absolute Gasteiger partial charge is 0.618 e. The fourth-order valence-electron chi connectivity index (χ4n) is 0.808. The van der Waals surface area contributed by atoms with Crippen molar-refractivity contribution in [2.24, 2.45) is 0 Å². The topological polar surface area (TPSA) is 64.7 Å². The Kier molecular flexibility index (Phi) is 3.79. The molecule has 0 fully saturated rings. The van der Waals surface area contributed by atoms with Crippen LogP contribution < -0.4 is 0 Å². The van der Waals surface area contributed by atoms with Crippen LogP contribution in [0.3, 0.4) is 0 Å². The maximum absolute atomic E-state index is 10.9. The lowest BCUT2D eigenvalue weighted by molar-refractivity contribution is -0.345. The van der Waals surface area contributed by atoms with E-state index in [1.165, 1.54) is 40.6 Å². The Morgan fingerprint density at radius 2 is 2.06 bits per heavy atom. The molecule has 2 heterocycles. The van der Waals surface area contributed by atoms with E-state index in [1.807, 2.05) is 6.26 Å². The highest BCUT2D eigenvalue weighted by molar-refractivity contribution is 8.04. The number of hydrogen-bond donors (Lipinski definition) is 0. The van der Waals surface area contributed by atoms with Crippen molar-refractivity contribution in [2.45, 2.75) is 13.0 Å². The van der Waals surface area contributed by atoms with Crippen LogP contribution in [-0.2, 0) is 0 Å². The Balaban J connectivity index is 2.11. The number of thioether (sulfide) groups is 1. The summed E-state index contributed by atoms with van der Waals surface area (Å²) in [5.41, 5.74) is 0. The second kappa shape index (κ2) is 5.13. The van der Waals surface area contributed by atoms with Crippen LogP contribution in [0.1, 0.15) is 0 Å². The molecule has 0 radical (unpaired) electrons. The maximum atomic E-state index is 10.9. The summed E-state index contributed by atoms with van der Waals surface area (Å²) in [5, 5.41) is 19.4. The van der Waals surface area contributed by atoms with Crippen LogP contribution in [0.2, 0.25) is 0 Å². The predicted octanol–water partition coefficient (Wildman–Crippen LogP) is 2.71. The monoisotopic (exact) mass is 290 g/mol. The molecule has 9 heteroatoms. The average Bonchev–Trinajstić information content (AvgIpc) is 2.87. The van der Waals surface area contributed by atoms with Gasteiger partial charge in [-0.2, -0.15) is 4.74 Å². The molecule has 16 heavy (non-hydrogen) atoms. The first-order chi connectivity index (χ1) is 7.69. The first-order valence-corrected chi connectivity index (χ1v) is 7.65. The molecule has 0 bridgehead atoms. The SMILES string of the molecule is C=[N+]([O-])c1cnc(Sc2nnc(SC)s2)s1. The summed E-state index contributed by atoms with van der Waals surface area (Å²) in [5.74, 6) is 0. The van der Waals surface area contributed by atoms with Gasteiger partial charge in [-0.05, 0) is 29.4 Å². The molecule has 0 aliphatic rings. The van der Waals surface area contributed by atoms with E-state index < -0.39 is 0 Å². The molecule has 84 valence electrons. The molecule has 0 saturated carbocycles. The third-order valence-electron chi connectivity index (χ3n) is 1.46. The number of nitrogens with zero attached hydrogens (tertiary/aromatic N) is 4. The second-order valence-electron chi connectivity index (χ2n) is 2.48. The summed E-state index contributed by atoms with van der Waals surface area (Å²) in [6.07, 6.45) is 3.46. The van der Waals surface area contributed by atoms with Gasteiger partial charge in [0, 0.05) is 0 Å². The van der Waals surface area contributed by atoms with Gasteiger partial charge in [-0.1, -0.05) is 23.1 Å². The number of rotatable bonds is 4. The Labute approximate surface area is 108 Å². The molecule has 5 nitrogen and oxygen atoms in total. The highest BCUT2D eigenvalue weighted by atomic mass is 32.2. The van der Waals surface area contributed by atoms with E-state index in [1.54, 1.807) is 11.8 Å². The third-order valence-corrected chi connectivity index (χ3v) is 5.48. The fourth-order valence-corrected chi connectivity index (χ4v) is 4.26. The standard InChI is InChI=1S/C7H6N4OS4/c1-11(12)4-3-8-5(14-4)15-7-10-9-6(13-2)16-7/h3H,1H2,2H3. The van der Waals surface area contributed by atoms with E-state index in [9.17, 15) is 5.21 Å². The van der Waals surface area contributed by atoms with Crippen molar-refractivity contribution in [3.05, 3.63) is 11.4 Å². The van der Waals surface area contributed by atoms with Gasteiger partial charge in [-0.3, -0.25) is 0 Å². The summed E-state index contributed by atoms with van der Waals surface area (Å²) in [6, 6.07) is 0. The fraction of sp³-hybridized carbons (Fsp3) is 0.143. The Hall–Kier alpha value is -0.640. The van der Waals surface area contributed by atoms with Gasteiger partial charge in [-0.15, -0.1) is 10.2 Å². The summed E-state index contributed by atoms with van der Waals surface area (Å²) < 4.78 is 3.06. The minimum atomic E-state index is 0.483. The van der Waals surface area contributed by atoms with Crippen molar-refractivity contribution in [3.63, 3.8) is 0 Å². The zero-order valence-electron chi connectivity index (χ0n) is 8.11. The number of aromatic nitrogens is 3. The molecule has 0 amide bonds. The minimum Gasteiger partial charge on any atom is -0.618 e. The van der Waals surface area contributed by atoms with Gasteiger partial charge in [-0.25, -0.2) is 4.98 Å². The molecule has 0 aliphatic carbocycles. The van der Waals surface area contributed by atoms with E-state index in [0.717, 1.165) is 13.0 Å². The van der Waals surface area contributed by atoms with Crippen LogP contribution >= 0.6 is 46.2 Å². The van der Waals surface area contributed by atoms with E-state index in [0.29, 0.717) is 9.74 Å². The summed E-state index contributed by atoms with van der Waals surface area (Å²) in [7, 11) is 0. The highest BCUT2D eigenvalue weighted by Gasteiger charge is 2.11. The normalized spacial score (nSPS) is 10.6. The number of hydrogen-bond acceptors (Lipinski definition) is 8. The molecule has 0 saturated heterocycles. The van der Waals surface area contributed by atoms with Crippen molar-refractivity contribution in [2.75, 3.05) is 6.26 Å². The molecule has 0 aromatic carbocycles. The van der Waals surface area contributed by atoms with Gasteiger partial charge in [0.2, 0.25) is 0 Å². The predicted molar refractivity (Wildman–Crippen MR) is 68.3 cm³/mol. The lowest BCUT2D eigenvalue weighted by atomic mass is 10.9. The molecule has 0 unspecified atom stereocenters. The van der Waals surface area contributed by atoms with E-state index in [2.05, 4.69) is 21.9 Å². The van der Waals surface area contributed by atoms with Gasteiger partial charge in [0.25, 0.3) is 5.00 Å². The van der Waals surface area contributed by atoms with Crippen LogP contribution in [-0.4, -0.2) is 32.9 Å².